The molecule has 2 aromatic carbocycles. The van der Waals surface area contributed by atoms with E-state index in [1.165, 1.54) is 0 Å². The van der Waals surface area contributed by atoms with Crippen LogP contribution in [0.25, 0.3) is 0 Å². The summed E-state index contributed by atoms with van der Waals surface area (Å²) in [7, 11) is 0. The normalized spacial score (nSPS) is 13.9. The van der Waals surface area contributed by atoms with Crippen LogP contribution in [0, 0.1) is 0 Å². The number of benzene rings is 2. The molecule has 7 heteroatoms. The molecule has 0 saturated carbocycles. The highest BCUT2D eigenvalue weighted by Gasteiger charge is 2.32. The Labute approximate surface area is 157 Å². The lowest BCUT2D eigenvalue weighted by molar-refractivity contribution is -0.156. The molecule has 0 bridgehead atoms. The molecule has 0 aliphatic heterocycles. The van der Waals surface area contributed by atoms with Crippen LogP contribution < -0.4 is 10.6 Å². The van der Waals surface area contributed by atoms with Gasteiger partial charge >= 0.3 is 5.97 Å². The monoisotopic (exact) mass is 370 g/mol. The van der Waals surface area contributed by atoms with Gasteiger partial charge < -0.3 is 20.8 Å². The van der Waals surface area contributed by atoms with Gasteiger partial charge in [0.05, 0.1) is 6.54 Å². The highest BCUT2D eigenvalue weighted by Crippen LogP contribution is 2.07. The van der Waals surface area contributed by atoms with Crippen molar-refractivity contribution in [3.8, 4) is 0 Å². The maximum atomic E-state index is 12.6. The maximum absolute atomic E-state index is 12.6. The molecule has 2 rings (SSSR count). The van der Waals surface area contributed by atoms with Crippen LogP contribution in [0.4, 0.5) is 0 Å². The van der Waals surface area contributed by atoms with E-state index in [1.54, 1.807) is 30.3 Å². The van der Waals surface area contributed by atoms with Gasteiger partial charge in [-0.15, -0.1) is 0 Å². The van der Waals surface area contributed by atoms with Crippen molar-refractivity contribution in [1.82, 2.24) is 10.6 Å². The first-order chi connectivity index (χ1) is 12.8. The van der Waals surface area contributed by atoms with Gasteiger partial charge in [0, 0.05) is 12.0 Å². The topological polar surface area (TPSA) is 116 Å². The van der Waals surface area contributed by atoms with Crippen LogP contribution >= 0.6 is 0 Å². The van der Waals surface area contributed by atoms with Gasteiger partial charge in [0.2, 0.25) is 5.91 Å². The molecule has 2 aromatic rings. The summed E-state index contributed by atoms with van der Waals surface area (Å²) >= 11 is 0. The van der Waals surface area contributed by atoms with Crippen LogP contribution in [0.3, 0.4) is 0 Å². The maximum Gasteiger partial charge on any atom is 0.337 e. The Morgan fingerprint density at radius 2 is 1.56 bits per heavy atom. The minimum atomic E-state index is -2.10. The third kappa shape index (κ3) is 5.93. The van der Waals surface area contributed by atoms with Gasteiger partial charge in [-0.3, -0.25) is 9.59 Å². The van der Waals surface area contributed by atoms with E-state index >= 15 is 0 Å². The van der Waals surface area contributed by atoms with Crippen molar-refractivity contribution < 1.29 is 24.6 Å². The van der Waals surface area contributed by atoms with Gasteiger partial charge in [-0.2, -0.15) is 0 Å². The summed E-state index contributed by atoms with van der Waals surface area (Å²) in [6.45, 7) is 0.609. The molecule has 0 aliphatic rings. The molecule has 27 heavy (non-hydrogen) atoms. The Bertz CT molecular complexity index is 791. The molecular weight excluding hydrogens is 348 g/mol. The van der Waals surface area contributed by atoms with E-state index in [-0.39, 0.29) is 6.42 Å². The summed E-state index contributed by atoms with van der Waals surface area (Å²) < 4.78 is 0. The molecule has 4 N–H and O–H groups in total. The number of aliphatic hydroxyl groups is 1. The number of hydrogen-bond donors (Lipinski definition) is 4. The number of nitrogens with one attached hydrogen (secondary N) is 2. The molecular formula is C20H22N2O5. The van der Waals surface area contributed by atoms with E-state index in [1.807, 2.05) is 30.3 Å². The quantitative estimate of drug-likeness (QED) is 0.553. The zero-order chi connectivity index (χ0) is 19.9. The van der Waals surface area contributed by atoms with Gasteiger partial charge in [-0.25, -0.2) is 4.79 Å². The van der Waals surface area contributed by atoms with Crippen LogP contribution in [0.5, 0.6) is 0 Å². The van der Waals surface area contributed by atoms with Crippen molar-refractivity contribution in [1.29, 1.82) is 0 Å². The molecule has 7 nitrogen and oxygen atoms in total. The average molecular weight is 370 g/mol. The largest absolute Gasteiger partial charge is 0.479 e. The first kappa shape index (κ1) is 20.1. The molecule has 0 fully saturated rings. The van der Waals surface area contributed by atoms with Crippen LogP contribution in [0.2, 0.25) is 0 Å². The Kier molecular flexibility index (Phi) is 6.67. The minimum absolute atomic E-state index is 0.223. The second-order valence-electron chi connectivity index (χ2n) is 6.38. The summed E-state index contributed by atoms with van der Waals surface area (Å²) in [5.41, 5.74) is -0.868. The second-order valence-corrected chi connectivity index (χ2v) is 6.38. The molecule has 2 atom stereocenters. The highest BCUT2D eigenvalue weighted by molar-refractivity contribution is 5.97. The van der Waals surface area contributed by atoms with Crippen LogP contribution in [0.15, 0.2) is 60.7 Å². The number of carbonyl (C=O) groups is 3. The fourth-order valence-electron chi connectivity index (χ4n) is 2.35. The molecule has 2 amide bonds. The number of amides is 2. The fraction of sp³-hybridized carbons (Fsp3) is 0.250. The number of rotatable bonds is 8. The summed E-state index contributed by atoms with van der Waals surface area (Å²) in [4.78, 5) is 36.0. The average Bonchev–Trinajstić information content (AvgIpc) is 2.67. The van der Waals surface area contributed by atoms with Crippen LogP contribution in [-0.4, -0.2) is 46.2 Å². The lowest BCUT2D eigenvalue weighted by Gasteiger charge is -2.22. The summed E-state index contributed by atoms with van der Waals surface area (Å²) in [5, 5.41) is 23.8. The molecule has 0 aromatic heterocycles. The van der Waals surface area contributed by atoms with Gasteiger partial charge in [-0.05, 0) is 24.6 Å². The second kappa shape index (κ2) is 8.95. The van der Waals surface area contributed by atoms with E-state index in [2.05, 4.69) is 10.6 Å². The summed E-state index contributed by atoms with van der Waals surface area (Å²) in [6, 6.07) is 16.6. The molecule has 0 aliphatic carbocycles. The standard InChI is InChI=1S/C20H22N2O5/c1-20(27,19(25)26)13-21-18(24)16(12-14-8-4-2-5-9-14)22-17(23)15-10-6-3-7-11-15/h2-11,16,27H,12-13H2,1H3,(H,21,24)(H,22,23)(H,25,26). The molecule has 0 radical (unpaired) electrons. The van der Waals surface area contributed by atoms with Gasteiger partial charge in [-0.1, -0.05) is 48.5 Å². The predicted octanol–water partition coefficient (Wildman–Crippen LogP) is 0.979. The van der Waals surface area contributed by atoms with Crippen LogP contribution in [0.1, 0.15) is 22.8 Å². The summed E-state index contributed by atoms with van der Waals surface area (Å²) in [5.74, 6) is -2.45. The smallest absolute Gasteiger partial charge is 0.337 e. The first-order valence-electron chi connectivity index (χ1n) is 8.43. The van der Waals surface area contributed by atoms with E-state index in [4.69, 9.17) is 5.11 Å². The van der Waals surface area contributed by atoms with E-state index in [0.29, 0.717) is 5.56 Å². The fourth-order valence-corrected chi connectivity index (χ4v) is 2.35. The SMILES string of the molecule is CC(O)(CNC(=O)C(Cc1ccccc1)NC(=O)c1ccccc1)C(=O)O. The molecule has 2 unspecified atom stereocenters. The van der Waals surface area contributed by atoms with E-state index in [9.17, 15) is 19.5 Å². The number of carboxylic acid groups (broad SMARTS) is 1. The van der Waals surface area contributed by atoms with Crippen molar-refractivity contribution >= 4 is 17.8 Å². The van der Waals surface area contributed by atoms with Gasteiger partial charge in [0.25, 0.3) is 5.91 Å². The Hall–Kier alpha value is -3.19. The zero-order valence-electron chi connectivity index (χ0n) is 14.9. The predicted molar refractivity (Wildman–Crippen MR) is 99.1 cm³/mol. The summed E-state index contributed by atoms with van der Waals surface area (Å²) in [6.07, 6.45) is 0.223. The first-order valence-corrected chi connectivity index (χ1v) is 8.43. The van der Waals surface area contributed by atoms with E-state index < -0.39 is 36.0 Å². The third-order valence-corrected chi connectivity index (χ3v) is 4.01. The lowest BCUT2D eigenvalue weighted by Crippen LogP contribution is -2.53. The third-order valence-electron chi connectivity index (χ3n) is 4.01. The number of hydrogen-bond acceptors (Lipinski definition) is 4. The van der Waals surface area contributed by atoms with Crippen molar-refractivity contribution in [3.63, 3.8) is 0 Å². The lowest BCUT2D eigenvalue weighted by atomic mass is 10.0. The van der Waals surface area contributed by atoms with Crippen molar-refractivity contribution in [2.45, 2.75) is 25.0 Å². The van der Waals surface area contributed by atoms with Crippen molar-refractivity contribution in [3.05, 3.63) is 71.8 Å². The van der Waals surface area contributed by atoms with Crippen molar-refractivity contribution in [2.75, 3.05) is 6.54 Å². The number of aliphatic carboxylic acids is 1. The molecule has 0 saturated heterocycles. The van der Waals surface area contributed by atoms with E-state index in [0.717, 1.165) is 12.5 Å². The van der Waals surface area contributed by atoms with Crippen molar-refractivity contribution in [2.24, 2.45) is 0 Å². The highest BCUT2D eigenvalue weighted by atomic mass is 16.4. The molecule has 142 valence electrons. The Morgan fingerprint density at radius 3 is 2.11 bits per heavy atom. The molecule has 0 heterocycles. The van der Waals surface area contributed by atoms with Crippen LogP contribution in [-0.2, 0) is 16.0 Å². The number of carbonyl (C=O) groups excluding carboxylic acids is 2. The van der Waals surface area contributed by atoms with Gasteiger partial charge in [0.15, 0.2) is 5.60 Å². The number of carboxylic acids is 1. The Balaban J connectivity index is 2.12. The molecule has 0 spiro atoms. The minimum Gasteiger partial charge on any atom is -0.479 e. The Morgan fingerprint density at radius 1 is 1.00 bits per heavy atom. The van der Waals surface area contributed by atoms with Gasteiger partial charge in [0.1, 0.15) is 6.04 Å². The zero-order valence-corrected chi connectivity index (χ0v) is 14.9.